The summed E-state index contributed by atoms with van der Waals surface area (Å²) in [6, 6.07) is 2.02. The first-order valence-electron chi connectivity index (χ1n) is 5.79. The Hall–Kier alpha value is -0.770. The molecule has 0 aliphatic heterocycles. The lowest BCUT2D eigenvalue weighted by Gasteiger charge is -2.15. The topological polar surface area (TPSA) is 37.8 Å². The van der Waals surface area contributed by atoms with Crippen LogP contribution in [-0.2, 0) is 6.42 Å². The van der Waals surface area contributed by atoms with Gasteiger partial charge in [-0.15, -0.1) is 11.8 Å². The van der Waals surface area contributed by atoms with Crippen LogP contribution in [-0.4, -0.2) is 22.3 Å². The van der Waals surface area contributed by atoms with E-state index in [2.05, 4.69) is 43.0 Å². The van der Waals surface area contributed by atoms with E-state index in [0.717, 1.165) is 23.1 Å². The van der Waals surface area contributed by atoms with E-state index in [1.807, 2.05) is 24.9 Å². The van der Waals surface area contributed by atoms with Gasteiger partial charge in [-0.05, 0) is 5.92 Å². The molecule has 0 aromatic carbocycles. The molecular formula is C12H21N3S. The molecule has 1 aromatic heterocycles. The van der Waals surface area contributed by atoms with Gasteiger partial charge in [0.1, 0.15) is 16.7 Å². The molecule has 90 valence electrons. The minimum Gasteiger partial charge on any atom is -0.373 e. The fourth-order valence-electron chi connectivity index (χ4n) is 1.15. The van der Waals surface area contributed by atoms with Crippen LogP contribution in [0.5, 0.6) is 0 Å². The predicted octanol–water partition coefficient (Wildman–Crippen LogP) is 3.22. The van der Waals surface area contributed by atoms with Crippen LogP contribution in [0.4, 0.5) is 5.82 Å². The molecule has 1 aromatic rings. The number of hydrogen-bond donors (Lipinski definition) is 1. The Kier molecular flexibility index (Phi) is 5.06. The van der Waals surface area contributed by atoms with Gasteiger partial charge in [-0.1, -0.05) is 27.7 Å². The molecule has 1 N–H and O–H groups in total. The number of nitrogens with zero attached hydrogens (tertiary/aromatic N) is 2. The highest BCUT2D eigenvalue weighted by Crippen LogP contribution is 2.27. The molecule has 1 unspecified atom stereocenters. The van der Waals surface area contributed by atoms with Gasteiger partial charge in [-0.25, -0.2) is 9.97 Å². The molecule has 1 heterocycles. The summed E-state index contributed by atoms with van der Waals surface area (Å²) in [6.45, 7) is 8.79. The molecule has 0 saturated heterocycles. The molecule has 1 rings (SSSR count). The van der Waals surface area contributed by atoms with Crippen LogP contribution in [0.25, 0.3) is 0 Å². The molecule has 16 heavy (non-hydrogen) atoms. The molecule has 4 heteroatoms. The molecule has 1 atom stereocenters. The zero-order valence-electron chi connectivity index (χ0n) is 10.7. The number of aromatic nitrogens is 2. The molecular weight excluding hydrogens is 218 g/mol. The van der Waals surface area contributed by atoms with Gasteiger partial charge in [-0.2, -0.15) is 0 Å². The smallest absolute Gasteiger partial charge is 0.131 e. The van der Waals surface area contributed by atoms with Crippen LogP contribution < -0.4 is 5.32 Å². The van der Waals surface area contributed by atoms with E-state index in [4.69, 9.17) is 0 Å². The van der Waals surface area contributed by atoms with Crippen LogP contribution in [0.2, 0.25) is 0 Å². The van der Waals surface area contributed by atoms with Crippen molar-refractivity contribution in [2.24, 2.45) is 5.92 Å². The third kappa shape index (κ3) is 3.67. The zero-order chi connectivity index (χ0) is 12.1. The summed E-state index contributed by atoms with van der Waals surface area (Å²) in [6.07, 6.45) is 0.874. The Balaban J connectivity index is 2.86. The monoisotopic (exact) mass is 239 g/mol. The van der Waals surface area contributed by atoms with Crippen molar-refractivity contribution in [2.45, 2.75) is 44.4 Å². The van der Waals surface area contributed by atoms with Gasteiger partial charge in [0.25, 0.3) is 0 Å². The summed E-state index contributed by atoms with van der Waals surface area (Å²) in [5, 5.41) is 4.72. The first kappa shape index (κ1) is 13.3. The van der Waals surface area contributed by atoms with Crippen molar-refractivity contribution in [1.29, 1.82) is 0 Å². The highest BCUT2D eigenvalue weighted by Gasteiger charge is 2.11. The normalized spacial score (nSPS) is 12.9. The molecule has 0 bridgehead atoms. The van der Waals surface area contributed by atoms with Crippen LogP contribution in [0.3, 0.4) is 0 Å². The van der Waals surface area contributed by atoms with E-state index in [-0.39, 0.29) is 0 Å². The van der Waals surface area contributed by atoms with Crippen LogP contribution in [0, 0.1) is 5.92 Å². The van der Waals surface area contributed by atoms with Gasteiger partial charge in [-0.3, -0.25) is 0 Å². The molecule has 0 saturated carbocycles. The maximum atomic E-state index is 4.53. The van der Waals surface area contributed by atoms with Crippen molar-refractivity contribution >= 4 is 17.6 Å². The lowest BCUT2D eigenvalue weighted by molar-refractivity contribution is 0.641. The van der Waals surface area contributed by atoms with Crippen molar-refractivity contribution in [3.05, 3.63) is 11.9 Å². The molecule has 0 amide bonds. The predicted molar refractivity (Wildman–Crippen MR) is 71.1 cm³/mol. The van der Waals surface area contributed by atoms with E-state index in [1.165, 1.54) is 0 Å². The van der Waals surface area contributed by atoms with Gasteiger partial charge >= 0.3 is 0 Å². The lowest BCUT2D eigenvalue weighted by Crippen LogP contribution is -2.07. The second kappa shape index (κ2) is 6.09. The fourth-order valence-corrected chi connectivity index (χ4v) is 2.14. The largest absolute Gasteiger partial charge is 0.373 e. The number of hydrogen-bond acceptors (Lipinski definition) is 4. The molecule has 3 nitrogen and oxygen atoms in total. The summed E-state index contributed by atoms with van der Waals surface area (Å²) in [4.78, 5) is 8.92. The number of aryl methyl sites for hydroxylation is 1. The highest BCUT2D eigenvalue weighted by atomic mass is 32.2. The van der Waals surface area contributed by atoms with Crippen LogP contribution in [0.1, 0.15) is 33.5 Å². The molecule has 0 aliphatic rings. The Bertz CT molecular complexity index is 317. The van der Waals surface area contributed by atoms with Gasteiger partial charge in [0, 0.05) is 24.8 Å². The van der Waals surface area contributed by atoms with E-state index in [1.54, 1.807) is 0 Å². The number of thioether (sulfide) groups is 1. The Morgan fingerprint density at radius 1 is 1.31 bits per heavy atom. The minimum absolute atomic E-state index is 0.573. The minimum atomic E-state index is 0.573. The van der Waals surface area contributed by atoms with Crippen molar-refractivity contribution in [3.8, 4) is 0 Å². The highest BCUT2D eigenvalue weighted by molar-refractivity contribution is 7.99. The average molecular weight is 239 g/mol. The lowest BCUT2D eigenvalue weighted by atomic mass is 10.2. The second-order valence-corrected chi connectivity index (χ2v) is 5.58. The van der Waals surface area contributed by atoms with Gasteiger partial charge < -0.3 is 5.32 Å². The maximum absolute atomic E-state index is 4.53. The van der Waals surface area contributed by atoms with E-state index >= 15 is 0 Å². The van der Waals surface area contributed by atoms with Crippen molar-refractivity contribution in [2.75, 3.05) is 12.4 Å². The third-order valence-corrected chi connectivity index (χ3v) is 3.93. The van der Waals surface area contributed by atoms with E-state index < -0.39 is 0 Å². The van der Waals surface area contributed by atoms with Crippen molar-refractivity contribution < 1.29 is 0 Å². The number of anilines is 1. The summed E-state index contributed by atoms with van der Waals surface area (Å²) < 4.78 is 0. The molecule has 0 aliphatic carbocycles. The molecule has 0 radical (unpaired) electrons. The first-order valence-corrected chi connectivity index (χ1v) is 6.67. The zero-order valence-corrected chi connectivity index (χ0v) is 11.6. The number of rotatable bonds is 5. The number of nitrogens with one attached hydrogen (secondary N) is 1. The SMILES string of the molecule is CCc1nc(NC)cc(SC(C)C(C)C)n1. The van der Waals surface area contributed by atoms with Crippen LogP contribution in [0.15, 0.2) is 11.1 Å². The Labute approximate surface area is 102 Å². The third-order valence-electron chi connectivity index (χ3n) is 2.57. The summed E-state index contributed by atoms with van der Waals surface area (Å²) in [5.74, 6) is 2.47. The van der Waals surface area contributed by atoms with Gasteiger partial charge in [0.05, 0.1) is 0 Å². The van der Waals surface area contributed by atoms with E-state index in [0.29, 0.717) is 11.2 Å². The molecule has 0 fully saturated rings. The Morgan fingerprint density at radius 3 is 2.50 bits per heavy atom. The second-order valence-electron chi connectivity index (χ2n) is 4.18. The average Bonchev–Trinajstić information content (AvgIpc) is 2.28. The van der Waals surface area contributed by atoms with Crippen molar-refractivity contribution in [3.63, 3.8) is 0 Å². The summed E-state index contributed by atoms with van der Waals surface area (Å²) in [5.41, 5.74) is 0. The Morgan fingerprint density at radius 2 is 2.00 bits per heavy atom. The van der Waals surface area contributed by atoms with Crippen LogP contribution >= 0.6 is 11.8 Å². The van der Waals surface area contributed by atoms with Gasteiger partial charge in [0.2, 0.25) is 0 Å². The first-order chi connectivity index (χ1) is 7.56. The fraction of sp³-hybridized carbons (Fsp3) is 0.667. The maximum Gasteiger partial charge on any atom is 0.131 e. The standard InChI is InChI=1S/C12H21N3S/c1-6-10-14-11(13-5)7-12(15-10)16-9(4)8(2)3/h7-9H,6H2,1-5H3,(H,13,14,15). The van der Waals surface area contributed by atoms with Gasteiger partial charge in [0.15, 0.2) is 0 Å². The van der Waals surface area contributed by atoms with Crippen molar-refractivity contribution in [1.82, 2.24) is 9.97 Å². The molecule has 0 spiro atoms. The quantitative estimate of drug-likeness (QED) is 0.632. The summed E-state index contributed by atoms with van der Waals surface area (Å²) in [7, 11) is 1.89. The summed E-state index contributed by atoms with van der Waals surface area (Å²) >= 11 is 1.82. The van der Waals surface area contributed by atoms with E-state index in [9.17, 15) is 0 Å².